The molecule has 1 saturated heterocycles. The average Bonchev–Trinajstić information content (AvgIpc) is 2.85. The maximum Gasteiger partial charge on any atom is 0.186 e. The Morgan fingerprint density at radius 3 is 3.11 bits per heavy atom. The molecule has 0 saturated carbocycles. The van der Waals surface area contributed by atoms with Crippen molar-refractivity contribution in [2.24, 2.45) is 5.92 Å². The highest BCUT2D eigenvalue weighted by Gasteiger charge is 2.27. The Hall–Kier alpha value is -0.940. The van der Waals surface area contributed by atoms with E-state index in [9.17, 15) is 4.79 Å². The number of rotatable bonds is 3. The van der Waals surface area contributed by atoms with Crippen LogP contribution in [0.2, 0.25) is 0 Å². The van der Waals surface area contributed by atoms with E-state index in [1.807, 2.05) is 0 Å². The minimum absolute atomic E-state index is 0.287. The van der Waals surface area contributed by atoms with Gasteiger partial charge in [-0.15, -0.1) is 0 Å². The largest absolute Gasteiger partial charge is 0.384 e. The van der Waals surface area contributed by atoms with Crippen LogP contribution in [0, 0.1) is 5.92 Å². The summed E-state index contributed by atoms with van der Waals surface area (Å²) in [6.07, 6.45) is 5.04. The van der Waals surface area contributed by atoms with Crippen LogP contribution >= 0.6 is 11.3 Å². The van der Waals surface area contributed by atoms with Gasteiger partial charge < -0.3 is 9.64 Å². The highest BCUT2D eigenvalue weighted by molar-refractivity contribution is 7.17. The molecule has 0 aromatic carbocycles. The van der Waals surface area contributed by atoms with Crippen LogP contribution in [0.15, 0.2) is 0 Å². The Bertz CT molecular complexity index is 470. The molecule has 1 atom stereocenters. The lowest BCUT2D eigenvalue weighted by Gasteiger charge is -2.32. The Balaban J connectivity index is 1.76. The molecule has 0 spiro atoms. The predicted octanol–water partition coefficient (Wildman–Crippen LogP) is 2.52. The molecule has 5 heteroatoms. The van der Waals surface area contributed by atoms with Crippen molar-refractivity contribution in [3.8, 4) is 0 Å². The first-order chi connectivity index (χ1) is 9.28. The van der Waals surface area contributed by atoms with Crippen LogP contribution in [0.1, 0.15) is 41.0 Å². The fourth-order valence-corrected chi connectivity index (χ4v) is 4.12. The molecule has 0 N–H and O–H groups in total. The van der Waals surface area contributed by atoms with Crippen molar-refractivity contribution in [3.63, 3.8) is 0 Å². The lowest BCUT2D eigenvalue weighted by atomic mass is 9.99. The number of aromatic nitrogens is 1. The van der Waals surface area contributed by atoms with Crippen molar-refractivity contribution in [2.75, 3.05) is 31.7 Å². The molecule has 2 aliphatic rings. The average molecular weight is 280 g/mol. The van der Waals surface area contributed by atoms with Crippen molar-refractivity contribution in [2.45, 2.75) is 32.1 Å². The lowest BCUT2D eigenvalue weighted by Crippen LogP contribution is -2.37. The minimum atomic E-state index is 0.287. The number of piperidine rings is 1. The number of Topliss-reactive ketones (excluding diaryl/α,β-unsaturated/α-hetero) is 1. The van der Waals surface area contributed by atoms with Gasteiger partial charge in [0, 0.05) is 26.6 Å². The number of aryl methyl sites for hydroxylation is 1. The minimum Gasteiger partial charge on any atom is -0.384 e. The molecule has 1 aliphatic heterocycles. The van der Waals surface area contributed by atoms with E-state index in [1.165, 1.54) is 12.8 Å². The highest BCUT2D eigenvalue weighted by Crippen LogP contribution is 2.33. The Morgan fingerprint density at radius 1 is 1.42 bits per heavy atom. The molecule has 4 nitrogen and oxygen atoms in total. The summed E-state index contributed by atoms with van der Waals surface area (Å²) in [5.74, 6) is 0.880. The summed E-state index contributed by atoms with van der Waals surface area (Å²) in [6, 6.07) is 0. The number of carbonyl (C=O) groups excluding carboxylic acids is 1. The zero-order valence-electron chi connectivity index (χ0n) is 11.4. The van der Waals surface area contributed by atoms with Gasteiger partial charge in [0.05, 0.1) is 17.2 Å². The van der Waals surface area contributed by atoms with Crippen molar-refractivity contribution >= 4 is 22.3 Å². The second kappa shape index (κ2) is 5.59. The molecule has 1 aromatic rings. The SMILES string of the molecule is COCC1CCCN(c2nc3c(s2)C(=O)CCC3)C1. The molecule has 1 aliphatic carbocycles. The molecule has 3 rings (SSSR count). The standard InChI is InChI=1S/C14H20N2O2S/c1-18-9-10-4-3-7-16(8-10)14-15-11-5-2-6-12(17)13(11)19-14/h10H,2-9H2,1H3. The number of thiazole rings is 1. The maximum absolute atomic E-state index is 11.9. The molecule has 0 radical (unpaired) electrons. The van der Waals surface area contributed by atoms with Crippen LogP contribution < -0.4 is 4.90 Å². The second-order valence-electron chi connectivity index (χ2n) is 5.46. The number of anilines is 1. The van der Waals surface area contributed by atoms with Crippen molar-refractivity contribution < 1.29 is 9.53 Å². The summed E-state index contributed by atoms with van der Waals surface area (Å²) in [5.41, 5.74) is 1.03. The first kappa shape index (κ1) is 13.1. The predicted molar refractivity (Wildman–Crippen MR) is 76.2 cm³/mol. The quantitative estimate of drug-likeness (QED) is 0.853. The van der Waals surface area contributed by atoms with E-state index in [0.717, 1.165) is 48.2 Å². The molecule has 104 valence electrons. The number of hydrogen-bond acceptors (Lipinski definition) is 5. The first-order valence-corrected chi connectivity index (χ1v) is 7.86. The Labute approximate surface area is 117 Å². The number of methoxy groups -OCH3 is 1. The third-order valence-electron chi connectivity index (χ3n) is 3.95. The molecule has 1 aromatic heterocycles. The van der Waals surface area contributed by atoms with E-state index in [2.05, 4.69) is 4.90 Å². The number of fused-ring (bicyclic) bond motifs is 1. The number of ketones is 1. The summed E-state index contributed by atoms with van der Waals surface area (Å²) in [5, 5.41) is 1.04. The van der Waals surface area contributed by atoms with E-state index in [1.54, 1.807) is 18.4 Å². The van der Waals surface area contributed by atoms with E-state index < -0.39 is 0 Å². The van der Waals surface area contributed by atoms with Gasteiger partial charge in [0.25, 0.3) is 0 Å². The molecule has 0 bridgehead atoms. The van der Waals surface area contributed by atoms with Gasteiger partial charge in [0.15, 0.2) is 10.9 Å². The molecular weight excluding hydrogens is 260 g/mol. The smallest absolute Gasteiger partial charge is 0.186 e. The number of carbonyl (C=O) groups is 1. The lowest BCUT2D eigenvalue weighted by molar-refractivity contribution is 0.0976. The van der Waals surface area contributed by atoms with Gasteiger partial charge in [-0.2, -0.15) is 0 Å². The normalized spacial score (nSPS) is 23.5. The number of ether oxygens (including phenoxy) is 1. The van der Waals surface area contributed by atoms with E-state index in [-0.39, 0.29) is 5.78 Å². The van der Waals surface area contributed by atoms with E-state index in [0.29, 0.717) is 12.3 Å². The van der Waals surface area contributed by atoms with Crippen LogP contribution in [0.4, 0.5) is 5.13 Å². The second-order valence-corrected chi connectivity index (χ2v) is 6.44. The van der Waals surface area contributed by atoms with Gasteiger partial charge in [0.1, 0.15) is 0 Å². The van der Waals surface area contributed by atoms with Gasteiger partial charge in [0.2, 0.25) is 0 Å². The first-order valence-electron chi connectivity index (χ1n) is 7.04. The van der Waals surface area contributed by atoms with Crippen molar-refractivity contribution in [1.29, 1.82) is 0 Å². The van der Waals surface area contributed by atoms with Gasteiger partial charge in [-0.25, -0.2) is 4.98 Å². The van der Waals surface area contributed by atoms with Gasteiger partial charge in [-0.3, -0.25) is 4.79 Å². The van der Waals surface area contributed by atoms with Crippen LogP contribution in [0.25, 0.3) is 0 Å². The Kier molecular flexibility index (Phi) is 3.84. The summed E-state index contributed by atoms with van der Waals surface area (Å²) in [4.78, 5) is 19.8. The van der Waals surface area contributed by atoms with Crippen molar-refractivity contribution in [3.05, 3.63) is 10.6 Å². The zero-order valence-corrected chi connectivity index (χ0v) is 12.2. The fourth-order valence-electron chi connectivity index (χ4n) is 3.00. The molecule has 19 heavy (non-hydrogen) atoms. The van der Waals surface area contributed by atoms with Crippen LogP contribution in [0.5, 0.6) is 0 Å². The zero-order chi connectivity index (χ0) is 13.2. The van der Waals surface area contributed by atoms with Crippen LogP contribution in [-0.4, -0.2) is 37.6 Å². The summed E-state index contributed by atoms with van der Waals surface area (Å²) >= 11 is 1.59. The topological polar surface area (TPSA) is 42.4 Å². The summed E-state index contributed by atoms with van der Waals surface area (Å²) < 4.78 is 5.27. The van der Waals surface area contributed by atoms with Crippen LogP contribution in [-0.2, 0) is 11.2 Å². The summed E-state index contributed by atoms with van der Waals surface area (Å²) in [6.45, 7) is 2.88. The Morgan fingerprint density at radius 2 is 2.32 bits per heavy atom. The van der Waals surface area contributed by atoms with Gasteiger partial charge >= 0.3 is 0 Å². The molecule has 2 heterocycles. The maximum atomic E-state index is 11.9. The van der Waals surface area contributed by atoms with Gasteiger partial charge in [-0.05, 0) is 31.6 Å². The summed E-state index contributed by atoms with van der Waals surface area (Å²) in [7, 11) is 1.76. The number of hydrogen-bond donors (Lipinski definition) is 0. The third-order valence-corrected chi connectivity index (χ3v) is 5.15. The van der Waals surface area contributed by atoms with E-state index in [4.69, 9.17) is 9.72 Å². The third kappa shape index (κ3) is 2.67. The molecule has 1 fully saturated rings. The number of nitrogens with zero attached hydrogens (tertiary/aromatic N) is 2. The molecule has 0 amide bonds. The molecule has 1 unspecified atom stereocenters. The monoisotopic (exact) mass is 280 g/mol. The van der Waals surface area contributed by atoms with Crippen LogP contribution in [0.3, 0.4) is 0 Å². The van der Waals surface area contributed by atoms with Crippen molar-refractivity contribution in [1.82, 2.24) is 4.98 Å². The highest BCUT2D eigenvalue weighted by atomic mass is 32.1. The van der Waals surface area contributed by atoms with Gasteiger partial charge in [-0.1, -0.05) is 11.3 Å². The van der Waals surface area contributed by atoms with E-state index >= 15 is 0 Å². The fraction of sp³-hybridized carbons (Fsp3) is 0.714. The molecular formula is C14H20N2O2S.